The lowest BCUT2D eigenvalue weighted by Crippen LogP contribution is -2.27. The predicted octanol–water partition coefficient (Wildman–Crippen LogP) is 3.00. The first-order valence-corrected chi connectivity index (χ1v) is 6.82. The van der Waals surface area contributed by atoms with E-state index in [1.54, 1.807) is 30.3 Å². The first-order chi connectivity index (χ1) is 10.1. The number of carbonyl (C=O) groups is 2. The SMILES string of the molecule is Cc1c(Cl)cccc1NC(=O)CCNC(=O)c1ccco1. The molecule has 0 radical (unpaired) electrons. The fourth-order valence-electron chi connectivity index (χ4n) is 1.74. The quantitative estimate of drug-likeness (QED) is 0.892. The molecule has 2 amide bonds. The lowest BCUT2D eigenvalue weighted by molar-refractivity contribution is -0.116. The molecule has 1 aromatic heterocycles. The Morgan fingerprint density at radius 3 is 2.76 bits per heavy atom. The van der Waals surface area contributed by atoms with Gasteiger partial charge in [-0.15, -0.1) is 0 Å². The van der Waals surface area contributed by atoms with Crippen molar-refractivity contribution in [3.8, 4) is 0 Å². The molecule has 0 aliphatic carbocycles. The van der Waals surface area contributed by atoms with Crippen LogP contribution < -0.4 is 10.6 Å². The molecule has 2 N–H and O–H groups in total. The number of rotatable bonds is 5. The van der Waals surface area contributed by atoms with Crippen LogP contribution in [0.2, 0.25) is 5.02 Å². The van der Waals surface area contributed by atoms with E-state index in [1.807, 2.05) is 6.92 Å². The zero-order valence-corrected chi connectivity index (χ0v) is 12.2. The number of carbonyl (C=O) groups excluding carboxylic acids is 2. The number of nitrogens with one attached hydrogen (secondary N) is 2. The molecular formula is C15H15ClN2O3. The van der Waals surface area contributed by atoms with Crippen molar-refractivity contribution < 1.29 is 14.0 Å². The Morgan fingerprint density at radius 2 is 2.05 bits per heavy atom. The number of hydrogen-bond acceptors (Lipinski definition) is 3. The van der Waals surface area contributed by atoms with Crippen molar-refractivity contribution in [1.29, 1.82) is 0 Å². The van der Waals surface area contributed by atoms with Crippen molar-refractivity contribution in [1.82, 2.24) is 5.32 Å². The molecule has 6 heteroatoms. The van der Waals surface area contributed by atoms with E-state index < -0.39 is 0 Å². The van der Waals surface area contributed by atoms with Crippen molar-refractivity contribution in [2.75, 3.05) is 11.9 Å². The maximum Gasteiger partial charge on any atom is 0.286 e. The van der Waals surface area contributed by atoms with Crippen LogP contribution in [0.25, 0.3) is 0 Å². The van der Waals surface area contributed by atoms with Crippen molar-refractivity contribution in [2.24, 2.45) is 0 Å². The van der Waals surface area contributed by atoms with Gasteiger partial charge in [-0.05, 0) is 36.8 Å². The summed E-state index contributed by atoms with van der Waals surface area (Å²) in [6.45, 7) is 2.06. The Bertz CT molecular complexity index is 638. The van der Waals surface area contributed by atoms with Crippen LogP contribution in [-0.4, -0.2) is 18.4 Å². The molecule has 0 saturated heterocycles. The summed E-state index contributed by atoms with van der Waals surface area (Å²) >= 11 is 5.98. The number of hydrogen-bond donors (Lipinski definition) is 2. The monoisotopic (exact) mass is 306 g/mol. The van der Waals surface area contributed by atoms with E-state index in [-0.39, 0.29) is 30.5 Å². The second-order valence-corrected chi connectivity index (χ2v) is 4.85. The lowest BCUT2D eigenvalue weighted by atomic mass is 10.2. The summed E-state index contributed by atoms with van der Waals surface area (Å²) in [6.07, 6.45) is 1.59. The number of benzene rings is 1. The summed E-state index contributed by atoms with van der Waals surface area (Å²) in [5.41, 5.74) is 1.48. The standard InChI is InChI=1S/C15H15ClN2O3/c1-10-11(16)4-2-5-12(10)18-14(19)7-8-17-15(20)13-6-3-9-21-13/h2-6,9H,7-8H2,1H3,(H,17,20)(H,18,19). The van der Waals surface area contributed by atoms with E-state index in [0.717, 1.165) is 5.56 Å². The molecule has 0 atom stereocenters. The van der Waals surface area contributed by atoms with Crippen molar-refractivity contribution >= 4 is 29.1 Å². The van der Waals surface area contributed by atoms with Gasteiger partial charge in [0.05, 0.1) is 6.26 Å². The van der Waals surface area contributed by atoms with Gasteiger partial charge >= 0.3 is 0 Å². The second-order valence-electron chi connectivity index (χ2n) is 4.44. The van der Waals surface area contributed by atoms with Gasteiger partial charge < -0.3 is 15.1 Å². The highest BCUT2D eigenvalue weighted by Gasteiger charge is 2.10. The van der Waals surface area contributed by atoms with Crippen LogP contribution in [0.1, 0.15) is 22.5 Å². The normalized spacial score (nSPS) is 10.2. The molecule has 5 nitrogen and oxygen atoms in total. The zero-order chi connectivity index (χ0) is 15.2. The largest absolute Gasteiger partial charge is 0.459 e. The number of furan rings is 1. The minimum absolute atomic E-state index is 0.165. The van der Waals surface area contributed by atoms with E-state index in [2.05, 4.69) is 10.6 Å². The molecule has 1 heterocycles. The molecule has 21 heavy (non-hydrogen) atoms. The van der Waals surface area contributed by atoms with Gasteiger partial charge in [0.1, 0.15) is 0 Å². The molecule has 0 aliphatic rings. The van der Waals surface area contributed by atoms with Crippen LogP contribution in [-0.2, 0) is 4.79 Å². The topological polar surface area (TPSA) is 71.3 Å². The smallest absolute Gasteiger partial charge is 0.286 e. The lowest BCUT2D eigenvalue weighted by Gasteiger charge is -2.09. The summed E-state index contributed by atoms with van der Waals surface area (Å²) in [5, 5.41) is 5.97. The van der Waals surface area contributed by atoms with Crippen LogP contribution in [0, 0.1) is 6.92 Å². The molecule has 0 saturated carbocycles. The minimum atomic E-state index is -0.341. The molecule has 0 fully saturated rings. The number of amides is 2. The van der Waals surface area contributed by atoms with Crippen molar-refractivity contribution in [2.45, 2.75) is 13.3 Å². The zero-order valence-electron chi connectivity index (χ0n) is 11.5. The highest BCUT2D eigenvalue weighted by molar-refractivity contribution is 6.31. The average molecular weight is 307 g/mol. The molecule has 0 aliphatic heterocycles. The molecule has 0 bridgehead atoms. The van der Waals surface area contributed by atoms with E-state index >= 15 is 0 Å². The fourth-order valence-corrected chi connectivity index (χ4v) is 1.91. The highest BCUT2D eigenvalue weighted by atomic mass is 35.5. The van der Waals surface area contributed by atoms with Crippen LogP contribution in [0.3, 0.4) is 0 Å². The Balaban J connectivity index is 1.80. The van der Waals surface area contributed by atoms with Gasteiger partial charge in [0, 0.05) is 23.7 Å². The highest BCUT2D eigenvalue weighted by Crippen LogP contribution is 2.22. The van der Waals surface area contributed by atoms with E-state index in [1.165, 1.54) is 6.26 Å². The second kappa shape index (κ2) is 6.95. The minimum Gasteiger partial charge on any atom is -0.459 e. The van der Waals surface area contributed by atoms with Gasteiger partial charge in [-0.3, -0.25) is 9.59 Å². The van der Waals surface area contributed by atoms with E-state index in [9.17, 15) is 9.59 Å². The molecule has 2 rings (SSSR count). The van der Waals surface area contributed by atoms with E-state index in [4.69, 9.17) is 16.0 Å². The Kier molecular flexibility index (Phi) is 5.00. The van der Waals surface area contributed by atoms with Crippen LogP contribution in [0.15, 0.2) is 41.0 Å². The van der Waals surface area contributed by atoms with Crippen LogP contribution in [0.4, 0.5) is 5.69 Å². The molecule has 0 unspecified atom stereocenters. The average Bonchev–Trinajstić information content (AvgIpc) is 2.98. The maximum atomic E-state index is 11.8. The van der Waals surface area contributed by atoms with Gasteiger partial charge in [0.2, 0.25) is 5.91 Å². The number of anilines is 1. The van der Waals surface area contributed by atoms with Gasteiger partial charge in [-0.25, -0.2) is 0 Å². The molecule has 110 valence electrons. The summed E-state index contributed by atoms with van der Waals surface area (Å²) < 4.78 is 4.95. The number of halogens is 1. The summed E-state index contributed by atoms with van der Waals surface area (Å²) in [6, 6.07) is 8.49. The Labute approximate surface area is 127 Å². The Hall–Kier alpha value is -2.27. The third kappa shape index (κ3) is 4.10. The third-order valence-electron chi connectivity index (χ3n) is 2.92. The molecule has 2 aromatic rings. The van der Waals surface area contributed by atoms with Gasteiger partial charge in [0.15, 0.2) is 5.76 Å². The molecule has 0 spiro atoms. The summed E-state index contributed by atoms with van der Waals surface area (Å²) in [5.74, 6) is -0.312. The first-order valence-electron chi connectivity index (χ1n) is 6.44. The molecular weight excluding hydrogens is 292 g/mol. The summed E-state index contributed by atoms with van der Waals surface area (Å²) in [4.78, 5) is 23.4. The first kappa shape index (κ1) is 15.1. The summed E-state index contributed by atoms with van der Waals surface area (Å²) in [7, 11) is 0. The molecule has 1 aromatic carbocycles. The van der Waals surface area contributed by atoms with Gasteiger partial charge in [-0.2, -0.15) is 0 Å². The van der Waals surface area contributed by atoms with Crippen molar-refractivity contribution in [3.63, 3.8) is 0 Å². The predicted molar refractivity (Wildman–Crippen MR) is 80.5 cm³/mol. The van der Waals surface area contributed by atoms with Gasteiger partial charge in [-0.1, -0.05) is 17.7 Å². The Morgan fingerprint density at radius 1 is 1.24 bits per heavy atom. The van der Waals surface area contributed by atoms with Gasteiger partial charge in [0.25, 0.3) is 5.91 Å². The van der Waals surface area contributed by atoms with Crippen LogP contribution in [0.5, 0.6) is 0 Å². The maximum absolute atomic E-state index is 11.8. The third-order valence-corrected chi connectivity index (χ3v) is 3.33. The van der Waals surface area contributed by atoms with Crippen molar-refractivity contribution in [3.05, 3.63) is 52.9 Å². The van der Waals surface area contributed by atoms with Crippen LogP contribution >= 0.6 is 11.6 Å². The van der Waals surface area contributed by atoms with E-state index in [0.29, 0.717) is 10.7 Å². The fraction of sp³-hybridized carbons (Fsp3) is 0.200.